The van der Waals surface area contributed by atoms with Crippen LogP contribution in [0.3, 0.4) is 0 Å². The summed E-state index contributed by atoms with van der Waals surface area (Å²) in [6.45, 7) is 2.88. The molecule has 1 heterocycles. The van der Waals surface area contributed by atoms with Crippen molar-refractivity contribution in [3.05, 3.63) is 0 Å². The van der Waals surface area contributed by atoms with Crippen molar-refractivity contribution in [3.63, 3.8) is 0 Å². The van der Waals surface area contributed by atoms with E-state index < -0.39 is 12.2 Å². The van der Waals surface area contributed by atoms with Gasteiger partial charge in [0.15, 0.2) is 0 Å². The average Bonchev–Trinajstić information content (AvgIpc) is 2.10. The number of aliphatic hydroxyl groups excluding tert-OH is 2. The minimum absolute atomic E-state index is 0.112. The van der Waals surface area contributed by atoms with Gasteiger partial charge in [-0.2, -0.15) is 0 Å². The summed E-state index contributed by atoms with van der Waals surface area (Å²) in [4.78, 5) is 0. The number of hydrogen-bond donors (Lipinski definition) is 3. The third-order valence-corrected chi connectivity index (χ3v) is 2.67. The molecule has 1 saturated heterocycles. The molecule has 4 heteroatoms. The Balaban J connectivity index is 2.52. The second-order valence-corrected chi connectivity index (χ2v) is 3.40. The first-order valence-electron chi connectivity index (χ1n) is 4.31. The summed E-state index contributed by atoms with van der Waals surface area (Å²) in [6.07, 6.45) is -1.01. The number of rotatable bonds is 2. The largest absolute Gasteiger partial charge is 0.394 e. The van der Waals surface area contributed by atoms with Crippen LogP contribution in [0, 0.1) is 11.8 Å². The lowest BCUT2D eigenvalue weighted by Crippen LogP contribution is -2.48. The normalized spacial score (nSPS) is 43.0. The van der Waals surface area contributed by atoms with Gasteiger partial charge in [-0.3, -0.25) is 0 Å². The summed E-state index contributed by atoms with van der Waals surface area (Å²) < 4.78 is 5.23. The molecule has 0 radical (unpaired) electrons. The van der Waals surface area contributed by atoms with Crippen LogP contribution >= 0.6 is 0 Å². The van der Waals surface area contributed by atoms with Crippen LogP contribution in [-0.2, 0) is 4.74 Å². The summed E-state index contributed by atoms with van der Waals surface area (Å²) in [6, 6.07) is 0. The van der Waals surface area contributed by atoms with Gasteiger partial charge in [0.2, 0.25) is 0 Å². The first kappa shape index (κ1) is 9.92. The maximum Gasteiger partial charge on any atom is 0.107 e. The van der Waals surface area contributed by atoms with Crippen molar-refractivity contribution in [1.82, 2.24) is 0 Å². The van der Waals surface area contributed by atoms with Gasteiger partial charge in [-0.25, -0.2) is 0 Å². The van der Waals surface area contributed by atoms with Crippen LogP contribution in [0.2, 0.25) is 0 Å². The smallest absolute Gasteiger partial charge is 0.107 e. The molecule has 72 valence electrons. The van der Waals surface area contributed by atoms with E-state index in [0.29, 0.717) is 13.2 Å². The molecule has 0 amide bonds. The third-order valence-electron chi connectivity index (χ3n) is 2.67. The highest BCUT2D eigenvalue weighted by Gasteiger charge is 2.35. The van der Waals surface area contributed by atoms with Crippen molar-refractivity contribution < 1.29 is 14.9 Å². The van der Waals surface area contributed by atoms with Crippen molar-refractivity contribution in [1.29, 1.82) is 0 Å². The lowest BCUT2D eigenvalue weighted by atomic mass is 9.85. The van der Waals surface area contributed by atoms with Crippen molar-refractivity contribution in [3.8, 4) is 0 Å². The van der Waals surface area contributed by atoms with Crippen LogP contribution in [-0.4, -0.2) is 42.2 Å². The SMILES string of the molecule is CC1C(CN)COC(CO)C1O. The van der Waals surface area contributed by atoms with Crippen LogP contribution in [0.1, 0.15) is 6.92 Å². The first-order valence-corrected chi connectivity index (χ1v) is 4.31. The number of ether oxygens (including phenoxy) is 1. The molecule has 1 aliphatic rings. The molecule has 0 bridgehead atoms. The van der Waals surface area contributed by atoms with Gasteiger partial charge in [0.1, 0.15) is 6.10 Å². The van der Waals surface area contributed by atoms with Crippen molar-refractivity contribution in [2.75, 3.05) is 19.8 Å². The van der Waals surface area contributed by atoms with Crippen LogP contribution in [0.25, 0.3) is 0 Å². The standard InChI is InChI=1S/C8H17NO3/c1-5-6(2-9)4-12-7(3-10)8(5)11/h5-8,10-11H,2-4,9H2,1H3. The van der Waals surface area contributed by atoms with E-state index in [0.717, 1.165) is 0 Å². The van der Waals surface area contributed by atoms with E-state index in [1.54, 1.807) is 0 Å². The van der Waals surface area contributed by atoms with Crippen molar-refractivity contribution in [2.24, 2.45) is 17.6 Å². The molecule has 0 aromatic rings. The van der Waals surface area contributed by atoms with E-state index in [-0.39, 0.29) is 18.4 Å². The lowest BCUT2D eigenvalue weighted by molar-refractivity contribution is -0.141. The molecule has 1 fully saturated rings. The summed E-state index contributed by atoms with van der Waals surface area (Å²) >= 11 is 0. The van der Waals surface area contributed by atoms with Crippen LogP contribution in [0.4, 0.5) is 0 Å². The zero-order chi connectivity index (χ0) is 9.14. The molecule has 4 N–H and O–H groups in total. The van der Waals surface area contributed by atoms with Gasteiger partial charge < -0.3 is 20.7 Å². The lowest BCUT2D eigenvalue weighted by Gasteiger charge is -2.37. The minimum atomic E-state index is -0.586. The van der Waals surface area contributed by atoms with Crippen LogP contribution in [0.5, 0.6) is 0 Å². The zero-order valence-corrected chi connectivity index (χ0v) is 7.31. The molecule has 0 saturated carbocycles. The number of aliphatic hydroxyl groups is 2. The average molecular weight is 175 g/mol. The van der Waals surface area contributed by atoms with Crippen LogP contribution in [0.15, 0.2) is 0 Å². The Morgan fingerprint density at radius 1 is 1.58 bits per heavy atom. The third kappa shape index (κ3) is 1.77. The second kappa shape index (κ2) is 4.18. The summed E-state index contributed by atoms with van der Waals surface area (Å²) in [7, 11) is 0. The quantitative estimate of drug-likeness (QED) is 0.500. The molecule has 12 heavy (non-hydrogen) atoms. The highest BCUT2D eigenvalue weighted by Crippen LogP contribution is 2.24. The van der Waals surface area contributed by atoms with Gasteiger partial charge in [0.25, 0.3) is 0 Å². The van der Waals surface area contributed by atoms with Gasteiger partial charge in [-0.05, 0) is 18.4 Å². The summed E-state index contributed by atoms with van der Waals surface area (Å²) in [5, 5.41) is 18.4. The fourth-order valence-corrected chi connectivity index (χ4v) is 1.56. The Bertz CT molecular complexity index is 126. The van der Waals surface area contributed by atoms with Gasteiger partial charge in [-0.1, -0.05) is 6.92 Å². The molecule has 4 nitrogen and oxygen atoms in total. The molecule has 4 unspecified atom stereocenters. The van der Waals surface area contributed by atoms with Crippen molar-refractivity contribution >= 4 is 0 Å². The van der Waals surface area contributed by atoms with E-state index in [4.69, 9.17) is 15.6 Å². The van der Waals surface area contributed by atoms with Crippen LogP contribution < -0.4 is 5.73 Å². The highest BCUT2D eigenvalue weighted by molar-refractivity contribution is 4.84. The molecule has 0 aromatic heterocycles. The van der Waals surface area contributed by atoms with E-state index in [1.807, 2.05) is 6.92 Å². The Labute approximate surface area is 72.3 Å². The molecular formula is C8H17NO3. The van der Waals surface area contributed by atoms with E-state index in [9.17, 15) is 5.11 Å². The first-order chi connectivity index (χ1) is 5.70. The topological polar surface area (TPSA) is 75.7 Å². The number of hydrogen-bond acceptors (Lipinski definition) is 4. The fourth-order valence-electron chi connectivity index (χ4n) is 1.56. The number of nitrogens with two attached hydrogens (primary N) is 1. The molecule has 0 aromatic carbocycles. The Kier molecular flexibility index (Phi) is 3.46. The van der Waals surface area contributed by atoms with E-state index >= 15 is 0 Å². The molecular weight excluding hydrogens is 158 g/mol. The monoisotopic (exact) mass is 175 g/mol. The molecule has 1 aliphatic heterocycles. The molecule has 4 atom stereocenters. The Hall–Kier alpha value is -0.160. The summed E-state index contributed by atoms with van der Waals surface area (Å²) in [5.74, 6) is 0.323. The second-order valence-electron chi connectivity index (χ2n) is 3.40. The van der Waals surface area contributed by atoms with Gasteiger partial charge >= 0.3 is 0 Å². The zero-order valence-electron chi connectivity index (χ0n) is 7.31. The van der Waals surface area contributed by atoms with E-state index in [1.165, 1.54) is 0 Å². The van der Waals surface area contributed by atoms with Gasteiger partial charge in [-0.15, -0.1) is 0 Å². The predicted octanol–water partition coefficient (Wildman–Crippen LogP) is -1.05. The van der Waals surface area contributed by atoms with Crippen molar-refractivity contribution in [2.45, 2.75) is 19.1 Å². The van der Waals surface area contributed by atoms with Gasteiger partial charge in [0.05, 0.1) is 19.3 Å². The van der Waals surface area contributed by atoms with E-state index in [2.05, 4.69) is 0 Å². The minimum Gasteiger partial charge on any atom is -0.394 e. The Morgan fingerprint density at radius 3 is 2.75 bits per heavy atom. The maximum atomic E-state index is 9.60. The molecule has 0 aliphatic carbocycles. The Morgan fingerprint density at radius 2 is 2.25 bits per heavy atom. The highest BCUT2D eigenvalue weighted by atomic mass is 16.5. The van der Waals surface area contributed by atoms with Gasteiger partial charge in [0, 0.05) is 0 Å². The predicted molar refractivity (Wildman–Crippen MR) is 44.5 cm³/mol. The summed E-state index contributed by atoms with van der Waals surface area (Å²) in [5.41, 5.74) is 5.49. The molecule has 0 spiro atoms. The molecule has 1 rings (SSSR count). The fraction of sp³-hybridized carbons (Fsp3) is 1.00. The maximum absolute atomic E-state index is 9.60.